The van der Waals surface area contributed by atoms with Crippen LogP contribution in [-0.2, 0) is 16.6 Å². The molecule has 1 saturated heterocycles. The second kappa shape index (κ2) is 5.27. The first-order valence-corrected chi connectivity index (χ1v) is 7.77. The monoisotopic (exact) mass is 272 g/mol. The fourth-order valence-electron chi connectivity index (χ4n) is 2.23. The lowest BCUT2D eigenvalue weighted by molar-refractivity contribution is 0.282. The van der Waals surface area contributed by atoms with E-state index in [9.17, 15) is 8.42 Å². The molecule has 0 bridgehead atoms. The Hall–Kier alpha value is -1.08. The van der Waals surface area contributed by atoms with Crippen molar-refractivity contribution in [1.82, 2.24) is 14.5 Å². The van der Waals surface area contributed by atoms with E-state index >= 15 is 0 Å². The highest BCUT2D eigenvalue weighted by Crippen LogP contribution is 2.20. The quantitative estimate of drug-likeness (QED) is 0.868. The van der Waals surface area contributed by atoms with Crippen LogP contribution >= 0.6 is 0 Å². The largest absolute Gasteiger partial charge is 0.302 e. The number of hydrogen-bond donors (Lipinski definition) is 2. The summed E-state index contributed by atoms with van der Waals surface area (Å²) in [6, 6.07) is 0. The fraction of sp³-hybridized carbons (Fsp3) is 0.727. The molecule has 1 fully saturated rings. The van der Waals surface area contributed by atoms with E-state index in [4.69, 9.17) is 0 Å². The van der Waals surface area contributed by atoms with Crippen LogP contribution in [0.2, 0.25) is 0 Å². The van der Waals surface area contributed by atoms with Gasteiger partial charge in [0.1, 0.15) is 5.82 Å². The van der Waals surface area contributed by atoms with Crippen molar-refractivity contribution in [2.24, 2.45) is 5.92 Å². The van der Waals surface area contributed by atoms with Crippen LogP contribution in [-0.4, -0.2) is 36.0 Å². The number of rotatable bonds is 4. The normalized spacial score (nSPS) is 22.0. The third-order valence-corrected chi connectivity index (χ3v) is 4.76. The second-order valence-electron chi connectivity index (χ2n) is 4.84. The molecule has 1 aromatic rings. The second-order valence-corrected chi connectivity index (χ2v) is 6.51. The number of nitrogens with one attached hydrogen (secondary N) is 2. The molecule has 1 aliphatic rings. The van der Waals surface area contributed by atoms with Gasteiger partial charge >= 0.3 is 10.2 Å². The maximum atomic E-state index is 12.2. The number of aromatic nitrogens is 2. The Morgan fingerprint density at radius 2 is 2.39 bits per heavy atom. The Labute approximate surface area is 108 Å². The maximum absolute atomic E-state index is 12.2. The van der Waals surface area contributed by atoms with Crippen molar-refractivity contribution < 1.29 is 8.42 Å². The molecule has 0 amide bonds. The van der Waals surface area contributed by atoms with Crippen molar-refractivity contribution in [1.29, 1.82) is 0 Å². The molecule has 0 aromatic carbocycles. The van der Waals surface area contributed by atoms with Gasteiger partial charge in [-0.3, -0.25) is 9.82 Å². The molecule has 0 saturated carbocycles. The highest BCUT2D eigenvalue weighted by molar-refractivity contribution is 7.90. The van der Waals surface area contributed by atoms with E-state index in [0.717, 1.165) is 24.8 Å². The molecule has 0 aliphatic carbocycles. The van der Waals surface area contributed by atoms with Crippen molar-refractivity contribution >= 4 is 16.0 Å². The van der Waals surface area contributed by atoms with Gasteiger partial charge in [0.05, 0.1) is 6.20 Å². The predicted molar refractivity (Wildman–Crippen MR) is 70.5 cm³/mol. The molecule has 2 N–H and O–H groups in total. The molecule has 1 aromatic heterocycles. The first-order chi connectivity index (χ1) is 8.53. The van der Waals surface area contributed by atoms with Crippen molar-refractivity contribution in [3.8, 4) is 0 Å². The van der Waals surface area contributed by atoms with Gasteiger partial charge < -0.3 is 0 Å². The summed E-state index contributed by atoms with van der Waals surface area (Å²) in [7, 11) is -3.46. The summed E-state index contributed by atoms with van der Waals surface area (Å²) < 4.78 is 28.6. The lowest BCUT2D eigenvalue weighted by Gasteiger charge is -2.29. The van der Waals surface area contributed by atoms with E-state index in [-0.39, 0.29) is 0 Å². The molecule has 2 heterocycles. The van der Waals surface area contributed by atoms with Crippen LogP contribution in [0.4, 0.5) is 5.82 Å². The lowest BCUT2D eigenvalue weighted by atomic mass is 10.0. The molecule has 1 unspecified atom stereocenters. The molecule has 18 heavy (non-hydrogen) atoms. The van der Waals surface area contributed by atoms with E-state index in [1.807, 2.05) is 6.92 Å². The maximum Gasteiger partial charge on any atom is 0.302 e. The molecular weight excluding hydrogens is 252 g/mol. The molecule has 1 atom stereocenters. The number of H-pyrrole nitrogens is 1. The summed E-state index contributed by atoms with van der Waals surface area (Å²) in [4.78, 5) is 0. The van der Waals surface area contributed by atoms with E-state index < -0.39 is 10.2 Å². The SMILES string of the molecule is CCc1cn[nH]c1NS(=O)(=O)N1CCCC(C)C1. The lowest BCUT2D eigenvalue weighted by Crippen LogP contribution is -2.42. The summed E-state index contributed by atoms with van der Waals surface area (Å²) in [5.74, 6) is 0.901. The van der Waals surface area contributed by atoms with Crippen LogP contribution in [0.25, 0.3) is 0 Å². The zero-order valence-corrected chi connectivity index (χ0v) is 11.6. The molecular formula is C11H20N4O2S. The van der Waals surface area contributed by atoms with Gasteiger partial charge in [-0.25, -0.2) is 0 Å². The summed E-state index contributed by atoms with van der Waals surface area (Å²) >= 11 is 0. The standard InChI is InChI=1S/C11H20N4O2S/c1-3-10-7-12-13-11(10)14-18(16,17)15-6-4-5-9(2)8-15/h7,9H,3-6,8H2,1-2H3,(H2,12,13,14). The van der Waals surface area contributed by atoms with Crippen LogP contribution < -0.4 is 4.72 Å². The van der Waals surface area contributed by atoms with Gasteiger partial charge in [0, 0.05) is 18.7 Å². The van der Waals surface area contributed by atoms with Gasteiger partial charge in [-0.05, 0) is 25.2 Å². The molecule has 0 spiro atoms. The van der Waals surface area contributed by atoms with Gasteiger partial charge in [-0.1, -0.05) is 13.8 Å². The average molecular weight is 272 g/mol. The molecule has 1 aliphatic heterocycles. The first-order valence-electron chi connectivity index (χ1n) is 6.33. The van der Waals surface area contributed by atoms with Crippen molar-refractivity contribution in [3.05, 3.63) is 11.8 Å². The van der Waals surface area contributed by atoms with E-state index in [2.05, 4.69) is 21.8 Å². The smallest absolute Gasteiger partial charge is 0.262 e. The number of hydrogen-bond acceptors (Lipinski definition) is 3. The molecule has 6 nitrogen and oxygen atoms in total. The Balaban J connectivity index is 2.12. The minimum absolute atomic E-state index is 0.419. The summed E-state index contributed by atoms with van der Waals surface area (Å²) in [6.45, 7) is 5.22. The van der Waals surface area contributed by atoms with Crippen LogP contribution in [0, 0.1) is 5.92 Å². The van der Waals surface area contributed by atoms with Crippen LogP contribution in [0.5, 0.6) is 0 Å². The fourth-order valence-corrected chi connectivity index (χ4v) is 3.61. The van der Waals surface area contributed by atoms with Gasteiger partial charge in [-0.15, -0.1) is 0 Å². The van der Waals surface area contributed by atoms with Crippen LogP contribution in [0.3, 0.4) is 0 Å². The number of aryl methyl sites for hydroxylation is 1. The average Bonchev–Trinajstić information content (AvgIpc) is 2.75. The summed E-state index contributed by atoms with van der Waals surface area (Å²) in [5, 5.41) is 6.56. The molecule has 2 rings (SSSR count). The Bertz CT molecular complexity index is 497. The van der Waals surface area contributed by atoms with Gasteiger partial charge in [-0.2, -0.15) is 17.8 Å². The minimum Gasteiger partial charge on any atom is -0.262 e. The van der Waals surface area contributed by atoms with E-state index in [1.165, 1.54) is 4.31 Å². The van der Waals surface area contributed by atoms with Gasteiger partial charge in [0.25, 0.3) is 0 Å². The van der Waals surface area contributed by atoms with Gasteiger partial charge in [0.2, 0.25) is 0 Å². The van der Waals surface area contributed by atoms with E-state index in [1.54, 1.807) is 6.20 Å². The first kappa shape index (κ1) is 13.4. The highest BCUT2D eigenvalue weighted by Gasteiger charge is 2.27. The topological polar surface area (TPSA) is 78.1 Å². The molecule has 102 valence electrons. The van der Waals surface area contributed by atoms with E-state index in [0.29, 0.717) is 24.8 Å². The van der Waals surface area contributed by atoms with Crippen LogP contribution in [0.15, 0.2) is 6.20 Å². The number of piperidine rings is 1. The zero-order valence-electron chi connectivity index (χ0n) is 10.8. The Morgan fingerprint density at radius 3 is 3.06 bits per heavy atom. The predicted octanol–water partition coefficient (Wildman–Crippen LogP) is 1.36. The van der Waals surface area contributed by atoms with Crippen molar-refractivity contribution in [2.45, 2.75) is 33.1 Å². The van der Waals surface area contributed by atoms with Gasteiger partial charge in [0.15, 0.2) is 0 Å². The third-order valence-electron chi connectivity index (χ3n) is 3.29. The number of anilines is 1. The zero-order chi connectivity index (χ0) is 13.2. The number of aromatic amines is 1. The summed E-state index contributed by atoms with van der Waals surface area (Å²) in [5.41, 5.74) is 0.878. The number of nitrogens with zero attached hydrogens (tertiary/aromatic N) is 2. The molecule has 0 radical (unpaired) electrons. The Morgan fingerprint density at radius 1 is 1.61 bits per heavy atom. The highest BCUT2D eigenvalue weighted by atomic mass is 32.2. The van der Waals surface area contributed by atoms with Crippen LogP contribution in [0.1, 0.15) is 32.3 Å². The third kappa shape index (κ3) is 2.84. The van der Waals surface area contributed by atoms with Crippen molar-refractivity contribution in [3.63, 3.8) is 0 Å². The Kier molecular flexibility index (Phi) is 3.91. The van der Waals surface area contributed by atoms with Crippen molar-refractivity contribution in [2.75, 3.05) is 17.8 Å². The minimum atomic E-state index is -3.46. The molecule has 7 heteroatoms. The summed E-state index contributed by atoms with van der Waals surface area (Å²) in [6.07, 6.45) is 4.41.